The number of thioether (sulfide) groups is 1. The highest BCUT2D eigenvalue weighted by Crippen LogP contribution is 2.02. The molecule has 0 rings (SSSR count). The summed E-state index contributed by atoms with van der Waals surface area (Å²) < 4.78 is 0. The number of aliphatic imine (C=N–C) groups is 1. The number of nitrogens with one attached hydrogen (secondary N) is 2. The molecule has 2 N–H and O–H groups in total. The monoisotopic (exact) mass is 203 g/mol. The van der Waals surface area contributed by atoms with Crippen molar-refractivity contribution in [2.24, 2.45) is 4.99 Å². The second-order valence-corrected chi connectivity index (χ2v) is 4.57. The number of nitrogens with zero attached hydrogens (tertiary/aromatic N) is 1. The van der Waals surface area contributed by atoms with Gasteiger partial charge in [0.25, 0.3) is 0 Å². The molecule has 3 nitrogen and oxygen atoms in total. The van der Waals surface area contributed by atoms with Crippen molar-refractivity contribution in [3.05, 3.63) is 0 Å². The van der Waals surface area contributed by atoms with Crippen molar-refractivity contribution in [1.82, 2.24) is 10.6 Å². The molecular weight excluding hydrogens is 182 g/mol. The molecule has 0 amide bonds. The van der Waals surface area contributed by atoms with Crippen molar-refractivity contribution in [2.75, 3.05) is 19.8 Å². The minimum absolute atomic E-state index is 0.427. The van der Waals surface area contributed by atoms with Crippen molar-refractivity contribution in [1.29, 1.82) is 0 Å². The zero-order valence-electron chi connectivity index (χ0n) is 9.22. The molecule has 0 aliphatic carbocycles. The maximum absolute atomic E-state index is 4.12. The molecule has 1 unspecified atom stereocenters. The summed E-state index contributed by atoms with van der Waals surface area (Å²) in [4.78, 5) is 4.12. The molecule has 4 heteroatoms. The van der Waals surface area contributed by atoms with E-state index in [1.807, 2.05) is 11.8 Å². The Morgan fingerprint density at radius 1 is 1.38 bits per heavy atom. The van der Waals surface area contributed by atoms with Gasteiger partial charge in [-0.2, -0.15) is 11.8 Å². The number of rotatable bonds is 4. The molecule has 0 aliphatic heterocycles. The van der Waals surface area contributed by atoms with E-state index in [4.69, 9.17) is 0 Å². The number of hydrogen-bond acceptors (Lipinski definition) is 2. The van der Waals surface area contributed by atoms with Gasteiger partial charge >= 0.3 is 0 Å². The van der Waals surface area contributed by atoms with Crippen LogP contribution in [0, 0.1) is 0 Å². The Bertz CT molecular complexity index is 157. The average molecular weight is 203 g/mol. The van der Waals surface area contributed by atoms with Crippen LogP contribution in [0.5, 0.6) is 0 Å². The highest BCUT2D eigenvalue weighted by Gasteiger charge is 2.02. The van der Waals surface area contributed by atoms with Crippen LogP contribution in [0.15, 0.2) is 4.99 Å². The van der Waals surface area contributed by atoms with Gasteiger partial charge in [0.15, 0.2) is 5.96 Å². The summed E-state index contributed by atoms with van der Waals surface area (Å²) >= 11 is 1.85. The maximum atomic E-state index is 4.12. The predicted molar refractivity (Wildman–Crippen MR) is 62.6 cm³/mol. The van der Waals surface area contributed by atoms with Crippen LogP contribution in [0.4, 0.5) is 0 Å². The molecule has 0 saturated heterocycles. The molecular formula is C9H21N3S. The first kappa shape index (κ1) is 12.6. The zero-order chi connectivity index (χ0) is 10.3. The van der Waals surface area contributed by atoms with Crippen molar-refractivity contribution in [2.45, 2.75) is 32.1 Å². The third kappa shape index (κ3) is 6.75. The van der Waals surface area contributed by atoms with Gasteiger partial charge in [-0.25, -0.2) is 0 Å². The molecule has 0 radical (unpaired) electrons. The molecule has 13 heavy (non-hydrogen) atoms. The van der Waals surface area contributed by atoms with Gasteiger partial charge in [-0.05, 0) is 20.1 Å². The lowest BCUT2D eigenvalue weighted by molar-refractivity contribution is 0.697. The van der Waals surface area contributed by atoms with Gasteiger partial charge in [0, 0.05) is 24.9 Å². The van der Waals surface area contributed by atoms with Crippen LogP contribution < -0.4 is 10.6 Å². The van der Waals surface area contributed by atoms with Gasteiger partial charge in [-0.1, -0.05) is 6.92 Å². The number of guanidine groups is 1. The Balaban J connectivity index is 3.74. The lowest BCUT2D eigenvalue weighted by atomic mass is 10.4. The fourth-order valence-corrected chi connectivity index (χ4v) is 1.04. The molecule has 0 aromatic carbocycles. The standard InChI is InChI=1S/C9H21N3S/c1-7(2)12-9(10-4)11-6-8(3)13-5/h7-8H,6H2,1-5H3,(H2,10,11,12). The first-order valence-electron chi connectivity index (χ1n) is 4.60. The van der Waals surface area contributed by atoms with Gasteiger partial charge in [-0.3, -0.25) is 4.99 Å². The molecule has 0 aliphatic rings. The van der Waals surface area contributed by atoms with E-state index in [9.17, 15) is 0 Å². The van der Waals surface area contributed by atoms with E-state index < -0.39 is 0 Å². The van der Waals surface area contributed by atoms with Gasteiger partial charge in [-0.15, -0.1) is 0 Å². The van der Waals surface area contributed by atoms with E-state index >= 15 is 0 Å². The molecule has 0 aromatic heterocycles. The van der Waals surface area contributed by atoms with E-state index in [0.717, 1.165) is 12.5 Å². The van der Waals surface area contributed by atoms with E-state index in [2.05, 4.69) is 42.7 Å². The van der Waals surface area contributed by atoms with Crippen molar-refractivity contribution >= 4 is 17.7 Å². The maximum Gasteiger partial charge on any atom is 0.191 e. The zero-order valence-corrected chi connectivity index (χ0v) is 10.0. The third-order valence-electron chi connectivity index (χ3n) is 1.61. The lowest BCUT2D eigenvalue weighted by Crippen LogP contribution is -2.43. The Labute approximate surface area is 85.8 Å². The summed E-state index contributed by atoms with van der Waals surface area (Å²) in [7, 11) is 1.79. The van der Waals surface area contributed by atoms with Crippen LogP contribution >= 0.6 is 11.8 Å². The summed E-state index contributed by atoms with van der Waals surface area (Å²) in [6.07, 6.45) is 2.12. The summed E-state index contributed by atoms with van der Waals surface area (Å²) in [5.74, 6) is 0.885. The minimum atomic E-state index is 0.427. The van der Waals surface area contributed by atoms with Crippen molar-refractivity contribution < 1.29 is 0 Å². The molecule has 78 valence electrons. The quantitative estimate of drug-likeness (QED) is 0.534. The largest absolute Gasteiger partial charge is 0.355 e. The van der Waals surface area contributed by atoms with Crippen molar-refractivity contribution in [3.63, 3.8) is 0 Å². The normalized spacial score (nSPS) is 14.5. The van der Waals surface area contributed by atoms with E-state index in [-0.39, 0.29) is 0 Å². The Hall–Kier alpha value is -0.380. The van der Waals surface area contributed by atoms with Crippen LogP contribution in [-0.4, -0.2) is 37.1 Å². The second kappa shape index (κ2) is 7.06. The second-order valence-electron chi connectivity index (χ2n) is 3.30. The Morgan fingerprint density at radius 3 is 2.38 bits per heavy atom. The summed E-state index contributed by atoms with van der Waals surface area (Å²) in [6.45, 7) is 7.35. The molecule has 0 spiro atoms. The molecule has 0 aromatic rings. The first-order chi connectivity index (χ1) is 6.10. The lowest BCUT2D eigenvalue weighted by Gasteiger charge is -2.16. The van der Waals surface area contributed by atoms with Crippen molar-refractivity contribution in [3.8, 4) is 0 Å². The molecule has 0 fully saturated rings. The Morgan fingerprint density at radius 2 is 2.00 bits per heavy atom. The summed E-state index contributed by atoms with van der Waals surface area (Å²) in [5.41, 5.74) is 0. The van der Waals surface area contributed by atoms with Crippen LogP contribution in [0.2, 0.25) is 0 Å². The highest BCUT2D eigenvalue weighted by atomic mass is 32.2. The fourth-order valence-electron chi connectivity index (χ4n) is 0.792. The van der Waals surface area contributed by atoms with Crippen LogP contribution in [-0.2, 0) is 0 Å². The SMILES string of the molecule is CN=C(NCC(C)SC)NC(C)C. The fraction of sp³-hybridized carbons (Fsp3) is 0.889. The van der Waals surface area contributed by atoms with Gasteiger partial charge in [0.2, 0.25) is 0 Å². The minimum Gasteiger partial charge on any atom is -0.355 e. The van der Waals surface area contributed by atoms with E-state index in [1.54, 1.807) is 7.05 Å². The average Bonchev–Trinajstić information content (AvgIpc) is 2.10. The third-order valence-corrected chi connectivity index (χ3v) is 2.58. The highest BCUT2D eigenvalue weighted by molar-refractivity contribution is 7.99. The van der Waals surface area contributed by atoms with Crippen LogP contribution in [0.25, 0.3) is 0 Å². The summed E-state index contributed by atoms with van der Waals surface area (Å²) in [5, 5.41) is 7.12. The van der Waals surface area contributed by atoms with E-state index in [1.165, 1.54) is 0 Å². The Kier molecular flexibility index (Phi) is 6.86. The van der Waals surface area contributed by atoms with Crippen LogP contribution in [0.1, 0.15) is 20.8 Å². The van der Waals surface area contributed by atoms with Gasteiger partial charge in [0.1, 0.15) is 0 Å². The number of hydrogen-bond donors (Lipinski definition) is 2. The first-order valence-corrected chi connectivity index (χ1v) is 5.89. The molecule has 1 atom stereocenters. The van der Waals surface area contributed by atoms with Gasteiger partial charge in [0.05, 0.1) is 0 Å². The molecule has 0 heterocycles. The topological polar surface area (TPSA) is 36.4 Å². The molecule has 0 bridgehead atoms. The predicted octanol–water partition coefficient (Wildman–Crippen LogP) is 1.31. The summed E-state index contributed by atoms with van der Waals surface area (Å²) in [6, 6.07) is 0.427. The smallest absolute Gasteiger partial charge is 0.191 e. The van der Waals surface area contributed by atoms with Gasteiger partial charge < -0.3 is 10.6 Å². The molecule has 0 saturated carbocycles. The van der Waals surface area contributed by atoms with Crippen LogP contribution in [0.3, 0.4) is 0 Å². The van der Waals surface area contributed by atoms with E-state index in [0.29, 0.717) is 11.3 Å².